The van der Waals surface area contributed by atoms with Crippen molar-refractivity contribution < 1.29 is 23.5 Å². The summed E-state index contributed by atoms with van der Waals surface area (Å²) in [6.07, 6.45) is 2.15. The molecule has 2 N–H and O–H groups in total. The second kappa shape index (κ2) is 10.4. The summed E-state index contributed by atoms with van der Waals surface area (Å²) in [6.45, 7) is 4.08. The van der Waals surface area contributed by atoms with E-state index in [1.807, 2.05) is 56.4 Å². The number of nitrogens with one attached hydrogen (secondary N) is 2. The fraction of sp³-hybridized carbons (Fsp3) is 0.370. The monoisotopic (exact) mass is 490 g/mol. The maximum absolute atomic E-state index is 12.7. The lowest BCUT2D eigenvalue weighted by Crippen LogP contribution is -2.38. The van der Waals surface area contributed by atoms with E-state index < -0.39 is 0 Å². The standard InChI is InChI=1S/C27H30N4O5/c1-17-22(14-28-25(32)12-18-8-9-23-24(11-18)35-16-34-23)30-27(36-17)19-5-3-7-21(13-19)29-26(33)20-6-4-10-31(2)15-20/h3,5,7-9,11,13,20H,4,6,10,12,14-16H2,1-2H3,(H,28,32)(H,29,33)/t20-/m1/s1. The number of amides is 2. The predicted octanol–water partition coefficient (Wildman–Crippen LogP) is 3.52. The fourth-order valence-electron chi connectivity index (χ4n) is 4.55. The number of hydrogen-bond donors (Lipinski definition) is 2. The highest BCUT2D eigenvalue weighted by Gasteiger charge is 2.24. The number of fused-ring (bicyclic) bond motifs is 1. The average Bonchev–Trinajstić information content (AvgIpc) is 3.49. The van der Waals surface area contributed by atoms with E-state index in [-0.39, 0.29) is 37.5 Å². The van der Waals surface area contributed by atoms with Crippen LogP contribution in [0.5, 0.6) is 11.5 Å². The summed E-state index contributed by atoms with van der Waals surface area (Å²) in [4.78, 5) is 32.0. The number of oxazole rings is 1. The molecule has 2 amide bonds. The summed E-state index contributed by atoms with van der Waals surface area (Å²) in [6, 6.07) is 13.0. The Morgan fingerprint density at radius 3 is 2.86 bits per heavy atom. The van der Waals surface area contributed by atoms with E-state index in [4.69, 9.17) is 13.9 Å². The van der Waals surface area contributed by atoms with Crippen LogP contribution in [0.2, 0.25) is 0 Å². The molecule has 2 aromatic carbocycles. The predicted molar refractivity (Wildman–Crippen MR) is 134 cm³/mol. The lowest BCUT2D eigenvalue weighted by Gasteiger charge is -2.28. The molecule has 5 rings (SSSR count). The van der Waals surface area contributed by atoms with Crippen LogP contribution in [0.25, 0.3) is 11.5 Å². The molecule has 1 fully saturated rings. The van der Waals surface area contributed by atoms with Gasteiger partial charge >= 0.3 is 0 Å². The van der Waals surface area contributed by atoms with E-state index in [2.05, 4.69) is 20.5 Å². The van der Waals surface area contributed by atoms with Crippen molar-refractivity contribution in [1.29, 1.82) is 0 Å². The number of benzene rings is 2. The molecule has 0 spiro atoms. The normalized spacial score (nSPS) is 17.1. The van der Waals surface area contributed by atoms with Crippen molar-refractivity contribution in [3.05, 3.63) is 59.5 Å². The highest BCUT2D eigenvalue weighted by atomic mass is 16.7. The highest BCUT2D eigenvalue weighted by Crippen LogP contribution is 2.32. The zero-order chi connectivity index (χ0) is 25.1. The second-order valence-electron chi connectivity index (χ2n) is 9.33. The van der Waals surface area contributed by atoms with Gasteiger partial charge in [-0.25, -0.2) is 4.98 Å². The summed E-state index contributed by atoms with van der Waals surface area (Å²) in [7, 11) is 2.04. The maximum Gasteiger partial charge on any atom is 0.231 e. The number of anilines is 1. The van der Waals surface area contributed by atoms with Crippen LogP contribution in [0.3, 0.4) is 0 Å². The SMILES string of the molecule is Cc1oc(-c2cccc(NC(=O)[C@@H]3CCCN(C)C3)c2)nc1CNC(=O)Cc1ccc2c(c1)OCO2. The van der Waals surface area contributed by atoms with Crippen LogP contribution in [-0.2, 0) is 22.6 Å². The number of ether oxygens (including phenoxy) is 2. The number of carbonyl (C=O) groups is 2. The van der Waals surface area contributed by atoms with Gasteiger partial charge in [0.25, 0.3) is 0 Å². The minimum atomic E-state index is -0.129. The largest absolute Gasteiger partial charge is 0.454 e. The molecular formula is C27H30N4O5. The fourth-order valence-corrected chi connectivity index (χ4v) is 4.55. The van der Waals surface area contributed by atoms with Gasteiger partial charge in [0, 0.05) is 17.8 Å². The number of nitrogens with zero attached hydrogens (tertiary/aromatic N) is 2. The molecule has 0 bridgehead atoms. The van der Waals surface area contributed by atoms with Gasteiger partial charge in [0.1, 0.15) is 11.5 Å². The van der Waals surface area contributed by atoms with Crippen molar-refractivity contribution >= 4 is 17.5 Å². The van der Waals surface area contributed by atoms with Gasteiger partial charge in [-0.05, 0) is 69.3 Å². The van der Waals surface area contributed by atoms with Crippen LogP contribution in [0.1, 0.15) is 29.9 Å². The smallest absolute Gasteiger partial charge is 0.231 e. The molecule has 0 unspecified atom stereocenters. The molecule has 0 radical (unpaired) electrons. The van der Waals surface area contributed by atoms with Crippen molar-refractivity contribution in [2.24, 2.45) is 5.92 Å². The first kappa shape index (κ1) is 23.9. The third-order valence-electron chi connectivity index (χ3n) is 6.52. The van der Waals surface area contributed by atoms with E-state index >= 15 is 0 Å². The van der Waals surface area contributed by atoms with E-state index in [9.17, 15) is 9.59 Å². The van der Waals surface area contributed by atoms with Crippen LogP contribution in [0.4, 0.5) is 5.69 Å². The first-order chi connectivity index (χ1) is 17.4. The lowest BCUT2D eigenvalue weighted by molar-refractivity contribution is -0.121. The van der Waals surface area contributed by atoms with Crippen LogP contribution in [0, 0.1) is 12.8 Å². The van der Waals surface area contributed by atoms with Crippen molar-refractivity contribution in [3.8, 4) is 23.0 Å². The Kier molecular flexibility index (Phi) is 6.90. The molecule has 1 aromatic heterocycles. The molecule has 2 aliphatic rings. The van der Waals surface area contributed by atoms with Crippen LogP contribution in [-0.4, -0.2) is 48.6 Å². The molecule has 188 valence electrons. The number of likely N-dealkylation sites (tertiary alicyclic amines) is 1. The summed E-state index contributed by atoms with van der Waals surface area (Å²) in [5.74, 6) is 2.32. The molecule has 9 nitrogen and oxygen atoms in total. The summed E-state index contributed by atoms with van der Waals surface area (Å²) >= 11 is 0. The zero-order valence-corrected chi connectivity index (χ0v) is 20.5. The molecule has 0 aliphatic carbocycles. The minimum Gasteiger partial charge on any atom is -0.454 e. The van der Waals surface area contributed by atoms with Gasteiger partial charge in [-0.2, -0.15) is 0 Å². The molecule has 3 heterocycles. The second-order valence-corrected chi connectivity index (χ2v) is 9.33. The van der Waals surface area contributed by atoms with E-state index in [0.29, 0.717) is 34.5 Å². The molecule has 3 aromatic rings. The van der Waals surface area contributed by atoms with Gasteiger partial charge < -0.3 is 29.4 Å². The number of aryl methyl sites for hydroxylation is 1. The number of rotatable bonds is 7. The molecule has 0 saturated carbocycles. The van der Waals surface area contributed by atoms with Crippen LogP contribution >= 0.6 is 0 Å². The Morgan fingerprint density at radius 1 is 1.14 bits per heavy atom. The molecular weight excluding hydrogens is 460 g/mol. The van der Waals surface area contributed by atoms with Crippen molar-refractivity contribution in [3.63, 3.8) is 0 Å². The lowest BCUT2D eigenvalue weighted by atomic mass is 9.97. The zero-order valence-electron chi connectivity index (χ0n) is 20.5. The molecule has 9 heteroatoms. The third kappa shape index (κ3) is 5.52. The maximum atomic E-state index is 12.7. The van der Waals surface area contributed by atoms with Crippen LogP contribution in [0.15, 0.2) is 46.9 Å². The van der Waals surface area contributed by atoms with Gasteiger partial charge in [-0.15, -0.1) is 0 Å². The Bertz CT molecular complexity index is 1270. The Labute approximate surface area is 209 Å². The third-order valence-corrected chi connectivity index (χ3v) is 6.52. The summed E-state index contributed by atoms with van der Waals surface area (Å²) < 4.78 is 16.6. The Balaban J connectivity index is 1.19. The molecule has 1 atom stereocenters. The van der Waals surface area contributed by atoms with Gasteiger partial charge in [-0.3, -0.25) is 9.59 Å². The summed E-state index contributed by atoms with van der Waals surface area (Å²) in [5, 5.41) is 5.94. The minimum absolute atomic E-state index is 0.00994. The Hall–Kier alpha value is -3.85. The van der Waals surface area contributed by atoms with Crippen molar-refractivity contribution in [2.45, 2.75) is 32.7 Å². The van der Waals surface area contributed by atoms with Gasteiger partial charge in [0.2, 0.25) is 24.5 Å². The van der Waals surface area contributed by atoms with Crippen molar-refractivity contribution in [1.82, 2.24) is 15.2 Å². The topological polar surface area (TPSA) is 106 Å². The first-order valence-corrected chi connectivity index (χ1v) is 12.2. The average molecular weight is 491 g/mol. The first-order valence-electron chi connectivity index (χ1n) is 12.2. The number of piperidine rings is 1. The van der Waals surface area contributed by atoms with Crippen molar-refractivity contribution in [2.75, 3.05) is 32.2 Å². The quantitative estimate of drug-likeness (QED) is 0.522. The van der Waals surface area contributed by atoms with Gasteiger partial charge in [-0.1, -0.05) is 12.1 Å². The highest BCUT2D eigenvalue weighted by molar-refractivity contribution is 5.93. The molecule has 2 aliphatic heterocycles. The molecule has 1 saturated heterocycles. The van der Waals surface area contributed by atoms with Gasteiger partial charge in [0.15, 0.2) is 11.5 Å². The number of aromatic nitrogens is 1. The van der Waals surface area contributed by atoms with E-state index in [1.54, 1.807) is 0 Å². The number of carbonyl (C=O) groups excluding carboxylic acids is 2. The number of hydrogen-bond acceptors (Lipinski definition) is 7. The Morgan fingerprint density at radius 2 is 2.00 bits per heavy atom. The van der Waals surface area contributed by atoms with Crippen LogP contribution < -0.4 is 20.1 Å². The van der Waals surface area contributed by atoms with E-state index in [1.165, 1.54) is 0 Å². The summed E-state index contributed by atoms with van der Waals surface area (Å²) in [5.41, 5.74) is 2.96. The van der Waals surface area contributed by atoms with Gasteiger partial charge in [0.05, 0.1) is 18.9 Å². The van der Waals surface area contributed by atoms with E-state index in [0.717, 1.165) is 37.1 Å². The molecule has 36 heavy (non-hydrogen) atoms.